The number of hydrogen-bond donors (Lipinski definition) is 0. The fraction of sp³-hybridized carbons (Fsp3) is 0.571. The van der Waals surface area contributed by atoms with Crippen molar-refractivity contribution in [1.29, 1.82) is 0 Å². The van der Waals surface area contributed by atoms with Crippen molar-refractivity contribution >= 4 is 5.69 Å². The first kappa shape index (κ1) is 11.5. The third-order valence-corrected chi connectivity index (χ3v) is 3.45. The molecular weight excluding hydrogens is 196 g/mol. The first-order valence-electron chi connectivity index (χ1n) is 6.20. The summed E-state index contributed by atoms with van der Waals surface area (Å²) in [6, 6.07) is 10.7. The molecule has 0 saturated carbocycles. The van der Waals surface area contributed by atoms with Crippen LogP contribution >= 0.6 is 0 Å². The number of rotatable bonds is 3. The number of benzene rings is 1. The van der Waals surface area contributed by atoms with Crippen LogP contribution in [0, 0.1) is 5.92 Å². The normalized spacial score (nSPS) is 22.0. The zero-order chi connectivity index (χ0) is 11.4. The second-order valence-corrected chi connectivity index (χ2v) is 4.99. The van der Waals surface area contributed by atoms with E-state index in [1.54, 1.807) is 0 Å². The fourth-order valence-electron chi connectivity index (χ4n) is 2.60. The molecule has 0 radical (unpaired) electrons. The number of para-hydroxylation sites is 1. The average Bonchev–Trinajstić information content (AvgIpc) is 2.30. The van der Waals surface area contributed by atoms with Crippen LogP contribution < -0.4 is 4.90 Å². The van der Waals surface area contributed by atoms with Crippen LogP contribution in [0.4, 0.5) is 5.69 Å². The van der Waals surface area contributed by atoms with Gasteiger partial charge < -0.3 is 9.80 Å². The van der Waals surface area contributed by atoms with Crippen LogP contribution in [0.5, 0.6) is 0 Å². The molecule has 0 unspecified atom stereocenters. The molecule has 1 heterocycles. The maximum absolute atomic E-state index is 2.45. The highest BCUT2D eigenvalue weighted by Gasteiger charge is 2.18. The van der Waals surface area contributed by atoms with Gasteiger partial charge in [0.25, 0.3) is 0 Å². The fourth-order valence-corrected chi connectivity index (χ4v) is 2.60. The lowest BCUT2D eigenvalue weighted by atomic mass is 9.98. The van der Waals surface area contributed by atoms with Crippen LogP contribution in [0.2, 0.25) is 0 Å². The summed E-state index contributed by atoms with van der Waals surface area (Å²) in [4.78, 5) is 4.83. The Hall–Kier alpha value is -1.02. The summed E-state index contributed by atoms with van der Waals surface area (Å²) < 4.78 is 0. The van der Waals surface area contributed by atoms with Crippen molar-refractivity contribution in [1.82, 2.24) is 4.90 Å². The third kappa shape index (κ3) is 2.99. The number of piperidine rings is 1. The van der Waals surface area contributed by atoms with E-state index in [1.807, 2.05) is 0 Å². The van der Waals surface area contributed by atoms with Gasteiger partial charge in [0.05, 0.1) is 0 Å². The predicted molar refractivity (Wildman–Crippen MR) is 69.9 cm³/mol. The summed E-state index contributed by atoms with van der Waals surface area (Å²) in [7, 11) is 4.43. The highest BCUT2D eigenvalue weighted by atomic mass is 15.1. The van der Waals surface area contributed by atoms with Crippen molar-refractivity contribution in [3.05, 3.63) is 30.3 Å². The van der Waals surface area contributed by atoms with Crippen LogP contribution in [0.1, 0.15) is 12.8 Å². The van der Waals surface area contributed by atoms with E-state index in [0.717, 1.165) is 5.92 Å². The lowest BCUT2D eigenvalue weighted by molar-refractivity contribution is 0.213. The molecule has 88 valence electrons. The van der Waals surface area contributed by atoms with Gasteiger partial charge in [0.1, 0.15) is 0 Å². The van der Waals surface area contributed by atoms with Crippen LogP contribution in [0.15, 0.2) is 30.3 Å². The number of likely N-dealkylation sites (tertiary alicyclic amines) is 1. The van der Waals surface area contributed by atoms with Gasteiger partial charge in [0.15, 0.2) is 0 Å². The van der Waals surface area contributed by atoms with Gasteiger partial charge in [0.2, 0.25) is 0 Å². The van der Waals surface area contributed by atoms with E-state index in [0.29, 0.717) is 0 Å². The lowest BCUT2D eigenvalue weighted by Gasteiger charge is -2.33. The summed E-state index contributed by atoms with van der Waals surface area (Å²) in [5, 5.41) is 0. The van der Waals surface area contributed by atoms with Gasteiger partial charge in [-0.3, -0.25) is 0 Å². The Kier molecular flexibility index (Phi) is 3.83. The molecule has 16 heavy (non-hydrogen) atoms. The molecule has 0 amide bonds. The van der Waals surface area contributed by atoms with Crippen LogP contribution in [0.25, 0.3) is 0 Å². The molecule has 0 bridgehead atoms. The number of anilines is 1. The summed E-state index contributed by atoms with van der Waals surface area (Å²) in [6.07, 6.45) is 2.73. The Morgan fingerprint density at radius 3 is 2.75 bits per heavy atom. The minimum Gasteiger partial charge on any atom is -0.374 e. The van der Waals surface area contributed by atoms with Gasteiger partial charge in [-0.1, -0.05) is 18.2 Å². The zero-order valence-electron chi connectivity index (χ0n) is 10.4. The van der Waals surface area contributed by atoms with Crippen LogP contribution in [-0.4, -0.2) is 38.6 Å². The molecule has 0 N–H and O–H groups in total. The van der Waals surface area contributed by atoms with Gasteiger partial charge in [-0.15, -0.1) is 0 Å². The van der Waals surface area contributed by atoms with Gasteiger partial charge in [-0.2, -0.15) is 0 Å². The lowest BCUT2D eigenvalue weighted by Crippen LogP contribution is -2.38. The molecule has 1 aliphatic rings. The minimum absolute atomic E-state index is 0.823. The second kappa shape index (κ2) is 5.35. The van der Waals surface area contributed by atoms with Crippen molar-refractivity contribution < 1.29 is 0 Å². The maximum atomic E-state index is 2.45. The van der Waals surface area contributed by atoms with Crippen molar-refractivity contribution in [2.24, 2.45) is 5.92 Å². The molecule has 0 aromatic heterocycles. The molecule has 1 aliphatic heterocycles. The predicted octanol–water partition coefficient (Wildman–Crippen LogP) is 2.46. The van der Waals surface area contributed by atoms with E-state index in [-0.39, 0.29) is 0 Å². The summed E-state index contributed by atoms with van der Waals surface area (Å²) >= 11 is 0. The molecule has 1 aromatic rings. The Bertz CT molecular complexity index is 310. The smallest absolute Gasteiger partial charge is 0.0363 e. The number of nitrogens with zero attached hydrogens (tertiary/aromatic N) is 2. The topological polar surface area (TPSA) is 6.48 Å². The summed E-state index contributed by atoms with van der Waals surface area (Å²) in [5.74, 6) is 0.823. The Morgan fingerprint density at radius 1 is 1.31 bits per heavy atom. The van der Waals surface area contributed by atoms with E-state index in [4.69, 9.17) is 0 Å². The average molecular weight is 218 g/mol. The molecular formula is C14H22N2. The monoisotopic (exact) mass is 218 g/mol. The summed E-state index contributed by atoms with van der Waals surface area (Å²) in [5.41, 5.74) is 1.33. The van der Waals surface area contributed by atoms with Crippen molar-refractivity contribution in [3.8, 4) is 0 Å². The minimum atomic E-state index is 0.823. The molecule has 1 atom stereocenters. The highest BCUT2D eigenvalue weighted by molar-refractivity contribution is 5.44. The van der Waals surface area contributed by atoms with E-state index in [9.17, 15) is 0 Å². The second-order valence-electron chi connectivity index (χ2n) is 4.99. The quantitative estimate of drug-likeness (QED) is 0.769. The van der Waals surface area contributed by atoms with Gasteiger partial charge in [-0.25, -0.2) is 0 Å². The largest absolute Gasteiger partial charge is 0.374 e. The molecule has 1 aromatic carbocycles. The summed E-state index contributed by atoms with van der Waals surface area (Å²) in [6.45, 7) is 3.69. The molecule has 2 heteroatoms. The van der Waals surface area contributed by atoms with E-state index >= 15 is 0 Å². The molecule has 2 rings (SSSR count). The van der Waals surface area contributed by atoms with Crippen LogP contribution in [-0.2, 0) is 0 Å². The molecule has 1 fully saturated rings. The molecule has 2 nitrogen and oxygen atoms in total. The Balaban J connectivity index is 1.89. The highest BCUT2D eigenvalue weighted by Crippen LogP contribution is 2.19. The Labute approximate surface area is 98.9 Å². The SMILES string of the molecule is CN1CCC[C@@H](CN(C)c2ccccc2)C1. The van der Waals surface area contributed by atoms with E-state index < -0.39 is 0 Å². The zero-order valence-corrected chi connectivity index (χ0v) is 10.4. The van der Waals surface area contributed by atoms with Gasteiger partial charge >= 0.3 is 0 Å². The van der Waals surface area contributed by atoms with Crippen molar-refractivity contribution in [2.45, 2.75) is 12.8 Å². The first-order chi connectivity index (χ1) is 7.75. The van der Waals surface area contributed by atoms with E-state index in [1.165, 1.54) is 38.2 Å². The molecule has 0 spiro atoms. The third-order valence-electron chi connectivity index (χ3n) is 3.45. The van der Waals surface area contributed by atoms with Gasteiger partial charge in [0, 0.05) is 25.8 Å². The molecule has 1 saturated heterocycles. The Morgan fingerprint density at radius 2 is 2.06 bits per heavy atom. The van der Waals surface area contributed by atoms with Gasteiger partial charge in [-0.05, 0) is 44.5 Å². The van der Waals surface area contributed by atoms with E-state index in [2.05, 4.69) is 54.2 Å². The molecule has 0 aliphatic carbocycles. The number of hydrogen-bond acceptors (Lipinski definition) is 2. The van der Waals surface area contributed by atoms with Crippen molar-refractivity contribution in [3.63, 3.8) is 0 Å². The standard InChI is InChI=1S/C14H22N2/c1-15-10-6-7-13(11-15)12-16(2)14-8-4-3-5-9-14/h3-5,8-9,13H,6-7,10-12H2,1-2H3/t13-/m1/s1. The first-order valence-corrected chi connectivity index (χ1v) is 6.20. The van der Waals surface area contributed by atoms with Crippen LogP contribution in [0.3, 0.4) is 0 Å². The van der Waals surface area contributed by atoms with Crippen molar-refractivity contribution in [2.75, 3.05) is 38.6 Å². The maximum Gasteiger partial charge on any atom is 0.0363 e.